The predicted molar refractivity (Wildman–Crippen MR) is 101 cm³/mol. The monoisotopic (exact) mass is 372 g/mol. The van der Waals surface area contributed by atoms with Crippen LogP contribution in [0.2, 0.25) is 0 Å². The van der Waals surface area contributed by atoms with Crippen LogP contribution < -0.4 is 10.1 Å². The highest BCUT2D eigenvalue weighted by molar-refractivity contribution is 7.13. The lowest BCUT2D eigenvalue weighted by molar-refractivity contribution is -0.119. The van der Waals surface area contributed by atoms with E-state index in [1.165, 1.54) is 18.4 Å². The van der Waals surface area contributed by atoms with Gasteiger partial charge in [0.2, 0.25) is 0 Å². The predicted octanol–water partition coefficient (Wildman–Crippen LogP) is 3.19. The average molecular weight is 372 g/mol. The quantitative estimate of drug-likeness (QED) is 0.689. The number of benzene rings is 1. The Morgan fingerprint density at radius 3 is 2.73 bits per heavy atom. The molecule has 26 heavy (non-hydrogen) atoms. The molecule has 0 saturated heterocycles. The van der Waals surface area contributed by atoms with Crippen LogP contribution in [0.1, 0.15) is 6.92 Å². The van der Waals surface area contributed by atoms with E-state index in [0.29, 0.717) is 18.1 Å². The first-order chi connectivity index (χ1) is 12.6. The number of nitrogens with one attached hydrogen (secondary N) is 1. The van der Waals surface area contributed by atoms with E-state index in [2.05, 4.69) is 15.4 Å². The fraction of sp³-hybridized carbons (Fsp3) is 0.278. The zero-order valence-electron chi connectivity index (χ0n) is 14.9. The van der Waals surface area contributed by atoms with Crippen molar-refractivity contribution in [2.45, 2.75) is 6.92 Å². The summed E-state index contributed by atoms with van der Waals surface area (Å²) in [6, 6.07) is 9.63. The lowest BCUT2D eigenvalue weighted by Crippen LogP contribution is -2.18. The number of hydrogen-bond acceptors (Lipinski definition) is 6. The van der Waals surface area contributed by atoms with Gasteiger partial charge in [0.1, 0.15) is 28.9 Å². The molecule has 0 fully saturated rings. The van der Waals surface area contributed by atoms with E-state index in [9.17, 15) is 4.79 Å². The molecule has 8 heteroatoms. The van der Waals surface area contributed by atoms with E-state index in [1.54, 1.807) is 17.8 Å². The molecular weight excluding hydrogens is 352 g/mol. The zero-order valence-corrected chi connectivity index (χ0v) is 15.7. The minimum absolute atomic E-state index is 0.000343. The Hall–Kier alpha value is -2.71. The van der Waals surface area contributed by atoms with Crippen LogP contribution in [0.3, 0.4) is 0 Å². The summed E-state index contributed by atoms with van der Waals surface area (Å²) >= 11 is 1.51. The molecule has 0 bridgehead atoms. The molecule has 0 atom stereocenters. The molecule has 0 saturated carbocycles. The highest BCUT2D eigenvalue weighted by atomic mass is 32.1. The molecule has 0 aliphatic heterocycles. The third kappa shape index (κ3) is 4.09. The number of aryl methyl sites for hydroxylation is 1. The van der Waals surface area contributed by atoms with Crippen LogP contribution in [0.15, 0.2) is 35.7 Å². The molecule has 0 radical (unpaired) electrons. The number of amides is 1. The van der Waals surface area contributed by atoms with E-state index in [4.69, 9.17) is 9.47 Å². The molecule has 0 aliphatic carbocycles. The summed E-state index contributed by atoms with van der Waals surface area (Å²) in [5.41, 5.74) is 2.60. The number of aromatic nitrogens is 3. The molecule has 7 nitrogen and oxygen atoms in total. The first-order valence-corrected chi connectivity index (χ1v) is 9.00. The number of nitrogens with zero attached hydrogens (tertiary/aromatic N) is 3. The maximum absolute atomic E-state index is 11.7. The summed E-state index contributed by atoms with van der Waals surface area (Å²) in [6.07, 6.45) is 0. The van der Waals surface area contributed by atoms with Crippen LogP contribution in [-0.2, 0) is 16.6 Å². The summed E-state index contributed by atoms with van der Waals surface area (Å²) in [5.74, 6) is 1.21. The van der Waals surface area contributed by atoms with Gasteiger partial charge in [0.15, 0.2) is 0 Å². The van der Waals surface area contributed by atoms with Crippen molar-refractivity contribution >= 4 is 23.1 Å². The number of carbonyl (C=O) groups excluding carboxylic acids is 1. The molecule has 0 spiro atoms. The molecular formula is C18H20N4O3S. The van der Waals surface area contributed by atoms with E-state index in [1.807, 2.05) is 36.6 Å². The number of hydrogen-bond donors (Lipinski definition) is 1. The Kier molecular flexibility index (Phi) is 5.65. The first-order valence-electron chi connectivity index (χ1n) is 8.12. The molecule has 1 aromatic carbocycles. The van der Waals surface area contributed by atoms with Gasteiger partial charge in [-0.15, -0.1) is 11.3 Å². The fourth-order valence-electron chi connectivity index (χ4n) is 2.41. The highest BCUT2D eigenvalue weighted by Crippen LogP contribution is 2.30. The fourth-order valence-corrected chi connectivity index (χ4v) is 3.19. The number of anilines is 1. The summed E-state index contributed by atoms with van der Waals surface area (Å²) in [6.45, 7) is 2.60. The van der Waals surface area contributed by atoms with Gasteiger partial charge in [-0.2, -0.15) is 5.10 Å². The zero-order chi connectivity index (χ0) is 18.5. The van der Waals surface area contributed by atoms with E-state index >= 15 is 0 Å². The van der Waals surface area contributed by atoms with Crippen LogP contribution in [-0.4, -0.2) is 41.0 Å². The van der Waals surface area contributed by atoms with Crippen molar-refractivity contribution in [2.24, 2.45) is 7.05 Å². The molecule has 0 aliphatic rings. The van der Waals surface area contributed by atoms with Crippen molar-refractivity contribution in [1.29, 1.82) is 0 Å². The lowest BCUT2D eigenvalue weighted by atomic mass is 10.2. The smallest absolute Gasteiger partial charge is 0.251 e. The third-order valence-electron chi connectivity index (χ3n) is 3.61. The number of carbonyl (C=O) groups is 1. The maximum Gasteiger partial charge on any atom is 0.251 e. The minimum Gasteiger partial charge on any atom is -0.494 e. The second-order valence-corrected chi connectivity index (χ2v) is 6.37. The molecule has 136 valence electrons. The van der Waals surface area contributed by atoms with Crippen molar-refractivity contribution < 1.29 is 14.3 Å². The van der Waals surface area contributed by atoms with Crippen molar-refractivity contribution in [3.05, 3.63) is 35.7 Å². The van der Waals surface area contributed by atoms with Crippen LogP contribution in [0, 0.1) is 0 Å². The number of methoxy groups -OCH3 is 1. The molecule has 3 rings (SSSR count). The highest BCUT2D eigenvalue weighted by Gasteiger charge is 2.13. The van der Waals surface area contributed by atoms with Crippen LogP contribution >= 0.6 is 11.3 Å². The number of rotatable bonds is 7. The second kappa shape index (κ2) is 8.11. The van der Waals surface area contributed by atoms with Crippen molar-refractivity contribution in [1.82, 2.24) is 14.8 Å². The van der Waals surface area contributed by atoms with E-state index in [0.717, 1.165) is 22.0 Å². The first kappa shape index (κ1) is 18.1. The van der Waals surface area contributed by atoms with Gasteiger partial charge in [-0.25, -0.2) is 4.98 Å². The van der Waals surface area contributed by atoms with Crippen LogP contribution in [0.25, 0.3) is 22.0 Å². The van der Waals surface area contributed by atoms with Crippen LogP contribution in [0.5, 0.6) is 5.75 Å². The topological polar surface area (TPSA) is 78.3 Å². The molecule has 2 heterocycles. The van der Waals surface area contributed by atoms with Gasteiger partial charge < -0.3 is 14.8 Å². The van der Waals surface area contributed by atoms with Gasteiger partial charge in [-0.1, -0.05) is 0 Å². The summed E-state index contributed by atoms with van der Waals surface area (Å²) in [7, 11) is 3.25. The Bertz CT molecular complexity index is 886. The standard InChI is InChI=1S/C18H20N4O3S/c1-4-25-13-7-5-12(6-8-13)15-11-26-18(19-15)14-9-16(22(2)21-14)20-17(23)10-24-3/h5-9,11H,4,10H2,1-3H3,(H,20,23). The largest absolute Gasteiger partial charge is 0.494 e. The summed E-state index contributed by atoms with van der Waals surface area (Å²) in [4.78, 5) is 16.3. The molecule has 0 unspecified atom stereocenters. The van der Waals surface area contributed by atoms with Gasteiger partial charge in [0, 0.05) is 31.2 Å². The Labute approximate surface area is 155 Å². The van der Waals surface area contributed by atoms with Crippen molar-refractivity contribution in [3.8, 4) is 27.7 Å². The SMILES string of the molecule is CCOc1ccc(-c2csc(-c3cc(NC(=O)COC)n(C)n3)n2)cc1. The maximum atomic E-state index is 11.7. The van der Waals surface area contributed by atoms with Gasteiger partial charge in [0.05, 0.1) is 12.3 Å². The second-order valence-electron chi connectivity index (χ2n) is 5.51. The van der Waals surface area contributed by atoms with Crippen molar-refractivity contribution in [3.63, 3.8) is 0 Å². The summed E-state index contributed by atoms with van der Waals surface area (Å²) in [5, 5.41) is 9.96. The Morgan fingerprint density at radius 2 is 2.04 bits per heavy atom. The molecule has 2 aromatic heterocycles. The molecule has 1 N–H and O–H groups in total. The van der Waals surface area contributed by atoms with Gasteiger partial charge in [-0.05, 0) is 31.2 Å². The Morgan fingerprint density at radius 1 is 1.27 bits per heavy atom. The number of ether oxygens (including phenoxy) is 2. The van der Waals surface area contributed by atoms with Gasteiger partial charge >= 0.3 is 0 Å². The van der Waals surface area contributed by atoms with Crippen molar-refractivity contribution in [2.75, 3.05) is 25.6 Å². The van der Waals surface area contributed by atoms with Gasteiger partial charge in [0.25, 0.3) is 5.91 Å². The van der Waals surface area contributed by atoms with E-state index in [-0.39, 0.29) is 12.5 Å². The van der Waals surface area contributed by atoms with Crippen LogP contribution in [0.4, 0.5) is 5.82 Å². The summed E-state index contributed by atoms with van der Waals surface area (Å²) < 4.78 is 11.9. The normalized spacial score (nSPS) is 10.7. The average Bonchev–Trinajstić information content (AvgIpc) is 3.24. The van der Waals surface area contributed by atoms with Gasteiger partial charge in [-0.3, -0.25) is 9.48 Å². The lowest BCUT2D eigenvalue weighted by Gasteiger charge is -2.03. The number of thiazole rings is 1. The molecule has 3 aromatic rings. The minimum atomic E-state index is -0.226. The Balaban J connectivity index is 1.78. The third-order valence-corrected chi connectivity index (χ3v) is 4.47. The van der Waals surface area contributed by atoms with E-state index < -0.39 is 0 Å². The molecule has 1 amide bonds.